The summed E-state index contributed by atoms with van der Waals surface area (Å²) >= 11 is 0. The Hall–Kier alpha value is -2.30. The number of nitrogens with two attached hydrogens (primary N) is 1. The molecule has 0 unspecified atom stereocenters. The second-order valence-electron chi connectivity index (χ2n) is 3.69. The fraction of sp³-hybridized carbons (Fsp3) is 0.286. The molecule has 0 aromatic heterocycles. The van der Waals surface area contributed by atoms with Crippen LogP contribution in [0.25, 0.3) is 0 Å². The van der Waals surface area contributed by atoms with Crippen molar-refractivity contribution in [3.05, 3.63) is 35.4 Å². The van der Waals surface area contributed by atoms with Gasteiger partial charge in [-0.15, -0.1) is 0 Å². The van der Waals surface area contributed by atoms with Gasteiger partial charge in [-0.1, -0.05) is 24.0 Å². The van der Waals surface area contributed by atoms with Crippen LogP contribution in [-0.4, -0.2) is 30.9 Å². The van der Waals surface area contributed by atoms with Crippen molar-refractivity contribution < 1.29 is 4.79 Å². The Labute approximate surface area is 107 Å². The van der Waals surface area contributed by atoms with Gasteiger partial charge in [0, 0.05) is 19.2 Å². The molecule has 1 amide bonds. The molecule has 0 bridgehead atoms. The molecule has 1 rings (SSSR count). The van der Waals surface area contributed by atoms with E-state index in [9.17, 15) is 4.79 Å². The zero-order valence-corrected chi connectivity index (χ0v) is 10.3. The summed E-state index contributed by atoms with van der Waals surface area (Å²) in [6.07, 6.45) is 0.318. The fourth-order valence-corrected chi connectivity index (χ4v) is 1.45. The van der Waals surface area contributed by atoms with Gasteiger partial charge < -0.3 is 10.6 Å². The van der Waals surface area contributed by atoms with Gasteiger partial charge in [-0.05, 0) is 12.1 Å². The third-order valence-electron chi connectivity index (χ3n) is 2.39. The summed E-state index contributed by atoms with van der Waals surface area (Å²) in [5, 5.41) is 8.51. The highest BCUT2D eigenvalue weighted by Gasteiger charge is 2.13. The molecular weight excluding hydrogens is 226 g/mol. The summed E-state index contributed by atoms with van der Waals surface area (Å²) in [6.45, 7) is 0.667. The van der Waals surface area contributed by atoms with E-state index in [0.29, 0.717) is 24.1 Å². The SMILES string of the molecule is CN(CCC#N)C(=O)c1ccccc1C#CCN. The lowest BCUT2D eigenvalue weighted by atomic mass is 10.1. The molecule has 0 fully saturated rings. The molecule has 0 atom stereocenters. The maximum absolute atomic E-state index is 12.2. The second-order valence-corrected chi connectivity index (χ2v) is 3.69. The molecular formula is C14H15N3O. The largest absolute Gasteiger partial charge is 0.341 e. The number of hydrogen-bond acceptors (Lipinski definition) is 3. The minimum atomic E-state index is -0.132. The highest BCUT2D eigenvalue weighted by atomic mass is 16.2. The predicted molar refractivity (Wildman–Crippen MR) is 69.6 cm³/mol. The molecule has 4 heteroatoms. The van der Waals surface area contributed by atoms with Crippen molar-refractivity contribution in [2.24, 2.45) is 5.73 Å². The molecule has 92 valence electrons. The summed E-state index contributed by atoms with van der Waals surface area (Å²) in [7, 11) is 1.67. The van der Waals surface area contributed by atoms with E-state index in [2.05, 4.69) is 11.8 Å². The highest BCUT2D eigenvalue weighted by Crippen LogP contribution is 2.10. The lowest BCUT2D eigenvalue weighted by Crippen LogP contribution is -2.28. The van der Waals surface area contributed by atoms with Gasteiger partial charge in [0.1, 0.15) is 0 Å². The van der Waals surface area contributed by atoms with Gasteiger partial charge in [-0.2, -0.15) is 5.26 Å². The molecule has 0 spiro atoms. The van der Waals surface area contributed by atoms with Crippen molar-refractivity contribution in [1.82, 2.24) is 4.90 Å². The van der Waals surface area contributed by atoms with E-state index in [1.54, 1.807) is 25.2 Å². The average Bonchev–Trinajstić information content (AvgIpc) is 2.42. The van der Waals surface area contributed by atoms with Crippen molar-refractivity contribution >= 4 is 5.91 Å². The molecule has 18 heavy (non-hydrogen) atoms. The third kappa shape index (κ3) is 3.62. The Kier molecular flexibility index (Phi) is 5.44. The summed E-state index contributed by atoms with van der Waals surface area (Å²) < 4.78 is 0. The molecule has 4 nitrogen and oxygen atoms in total. The van der Waals surface area contributed by atoms with Crippen LogP contribution in [0.15, 0.2) is 24.3 Å². The number of carbonyl (C=O) groups excluding carboxylic acids is 1. The van der Waals surface area contributed by atoms with Gasteiger partial charge in [0.2, 0.25) is 0 Å². The summed E-state index contributed by atoms with van der Waals surface area (Å²) in [5.74, 6) is 5.48. The molecule has 0 saturated heterocycles. The van der Waals surface area contributed by atoms with Crippen LogP contribution in [0.5, 0.6) is 0 Å². The van der Waals surface area contributed by atoms with Crippen LogP contribution >= 0.6 is 0 Å². The van der Waals surface area contributed by atoms with Crippen molar-refractivity contribution in [3.63, 3.8) is 0 Å². The lowest BCUT2D eigenvalue weighted by molar-refractivity contribution is 0.0798. The van der Waals surface area contributed by atoms with Crippen LogP contribution in [0, 0.1) is 23.2 Å². The van der Waals surface area contributed by atoms with Gasteiger partial charge in [0.25, 0.3) is 5.91 Å². The predicted octanol–water partition coefficient (Wildman–Crippen LogP) is 0.982. The number of hydrogen-bond donors (Lipinski definition) is 1. The van der Waals surface area contributed by atoms with Crippen molar-refractivity contribution in [2.75, 3.05) is 20.1 Å². The standard InChI is InChI=1S/C14H15N3O/c1-17(11-5-10-16)14(18)13-8-3-2-6-12(13)7-4-9-15/h2-3,6,8H,5,9,11,15H2,1H3. The summed E-state index contributed by atoms with van der Waals surface area (Å²) in [6, 6.07) is 9.15. The zero-order chi connectivity index (χ0) is 13.4. The quantitative estimate of drug-likeness (QED) is 0.802. The number of nitrogens with zero attached hydrogens (tertiary/aromatic N) is 2. The van der Waals surface area contributed by atoms with Crippen molar-refractivity contribution in [2.45, 2.75) is 6.42 Å². The van der Waals surface area contributed by atoms with E-state index in [4.69, 9.17) is 11.0 Å². The van der Waals surface area contributed by atoms with Crippen molar-refractivity contribution in [3.8, 4) is 17.9 Å². The minimum absolute atomic E-state index is 0.132. The van der Waals surface area contributed by atoms with Crippen LogP contribution in [0.2, 0.25) is 0 Å². The average molecular weight is 241 g/mol. The van der Waals surface area contributed by atoms with E-state index in [0.717, 1.165) is 0 Å². The topological polar surface area (TPSA) is 70.1 Å². The number of amides is 1. The molecule has 0 heterocycles. The van der Waals surface area contributed by atoms with E-state index in [1.165, 1.54) is 4.90 Å². The highest BCUT2D eigenvalue weighted by molar-refractivity contribution is 5.96. The molecule has 0 aliphatic carbocycles. The number of benzene rings is 1. The zero-order valence-electron chi connectivity index (χ0n) is 10.3. The maximum Gasteiger partial charge on any atom is 0.254 e. The van der Waals surface area contributed by atoms with E-state index < -0.39 is 0 Å². The molecule has 0 radical (unpaired) electrons. The smallest absolute Gasteiger partial charge is 0.254 e. The normalized spacial score (nSPS) is 8.94. The fourth-order valence-electron chi connectivity index (χ4n) is 1.45. The first-order valence-electron chi connectivity index (χ1n) is 5.61. The van der Waals surface area contributed by atoms with Crippen LogP contribution in [0.4, 0.5) is 0 Å². The number of rotatable bonds is 3. The molecule has 0 aliphatic heterocycles. The molecule has 0 aliphatic rings. The van der Waals surface area contributed by atoms with Gasteiger partial charge in [0.05, 0.1) is 24.6 Å². The monoisotopic (exact) mass is 241 g/mol. The van der Waals surface area contributed by atoms with Crippen LogP contribution in [-0.2, 0) is 0 Å². The van der Waals surface area contributed by atoms with Gasteiger partial charge >= 0.3 is 0 Å². The maximum atomic E-state index is 12.2. The Morgan fingerprint density at radius 3 is 2.83 bits per heavy atom. The first-order valence-corrected chi connectivity index (χ1v) is 5.61. The van der Waals surface area contributed by atoms with E-state index >= 15 is 0 Å². The number of carbonyl (C=O) groups is 1. The Balaban J connectivity index is 2.95. The first-order chi connectivity index (χ1) is 8.70. The molecule has 1 aromatic rings. The molecule has 2 N–H and O–H groups in total. The number of nitriles is 1. The Bertz CT molecular complexity index is 520. The van der Waals surface area contributed by atoms with Crippen LogP contribution in [0.3, 0.4) is 0 Å². The van der Waals surface area contributed by atoms with E-state index in [-0.39, 0.29) is 12.5 Å². The molecule has 1 aromatic carbocycles. The van der Waals surface area contributed by atoms with E-state index in [1.807, 2.05) is 12.1 Å². The summed E-state index contributed by atoms with van der Waals surface area (Å²) in [5.41, 5.74) is 6.53. The van der Waals surface area contributed by atoms with Crippen LogP contribution in [0.1, 0.15) is 22.3 Å². The van der Waals surface area contributed by atoms with Gasteiger partial charge in [0.15, 0.2) is 0 Å². The minimum Gasteiger partial charge on any atom is -0.341 e. The van der Waals surface area contributed by atoms with Crippen molar-refractivity contribution in [1.29, 1.82) is 5.26 Å². The first kappa shape index (κ1) is 13.8. The summed E-state index contributed by atoms with van der Waals surface area (Å²) in [4.78, 5) is 13.7. The van der Waals surface area contributed by atoms with Gasteiger partial charge in [-0.3, -0.25) is 4.79 Å². The lowest BCUT2D eigenvalue weighted by Gasteiger charge is -2.16. The third-order valence-corrected chi connectivity index (χ3v) is 2.39. The Morgan fingerprint density at radius 2 is 2.17 bits per heavy atom. The van der Waals surface area contributed by atoms with Crippen LogP contribution < -0.4 is 5.73 Å². The second kappa shape index (κ2) is 7.11. The molecule has 0 saturated carbocycles. The Morgan fingerprint density at radius 1 is 1.44 bits per heavy atom. The van der Waals surface area contributed by atoms with Gasteiger partial charge in [-0.25, -0.2) is 0 Å².